The Morgan fingerprint density at radius 1 is 1.33 bits per heavy atom. The van der Waals surface area contributed by atoms with Crippen molar-refractivity contribution in [1.82, 2.24) is 0 Å². The number of unbranched alkanes of at least 4 members (excludes halogenated alkanes) is 3. The van der Waals surface area contributed by atoms with Crippen LogP contribution < -0.4 is 5.73 Å². The van der Waals surface area contributed by atoms with E-state index in [0.29, 0.717) is 6.04 Å². The Kier molecular flexibility index (Phi) is 6.42. The largest absolute Gasteiger partial charge is 0.324 e. The predicted molar refractivity (Wildman–Crippen MR) is 67.8 cm³/mol. The summed E-state index contributed by atoms with van der Waals surface area (Å²) in [7, 11) is 0. The molecule has 0 aromatic carbocycles. The van der Waals surface area contributed by atoms with Gasteiger partial charge in [-0.25, -0.2) is 0 Å². The minimum Gasteiger partial charge on any atom is -0.324 e. The first-order valence-corrected chi connectivity index (χ1v) is 6.39. The third-order valence-electron chi connectivity index (χ3n) is 3.14. The summed E-state index contributed by atoms with van der Waals surface area (Å²) in [6.45, 7) is 3.74. The minimum absolute atomic E-state index is 0.329. The van der Waals surface area contributed by atoms with Crippen molar-refractivity contribution in [3.8, 4) is 0 Å². The van der Waals surface area contributed by atoms with E-state index in [2.05, 4.69) is 12.7 Å². The van der Waals surface area contributed by atoms with Crippen LogP contribution in [0.3, 0.4) is 0 Å². The van der Waals surface area contributed by atoms with Crippen LogP contribution >= 0.6 is 0 Å². The first-order chi connectivity index (χ1) is 7.33. The van der Waals surface area contributed by atoms with E-state index in [9.17, 15) is 0 Å². The van der Waals surface area contributed by atoms with E-state index in [1.165, 1.54) is 57.8 Å². The molecule has 2 N–H and O–H groups in total. The second kappa shape index (κ2) is 7.70. The lowest BCUT2D eigenvalue weighted by molar-refractivity contribution is 0.644. The minimum atomic E-state index is 0.329. The topological polar surface area (TPSA) is 26.0 Å². The first kappa shape index (κ1) is 12.5. The zero-order chi connectivity index (χ0) is 10.9. The lowest BCUT2D eigenvalue weighted by atomic mass is 10.0. The summed E-state index contributed by atoms with van der Waals surface area (Å²) in [6, 6.07) is 0.329. The molecule has 1 rings (SSSR count). The number of rotatable bonds is 6. The Hall–Kier alpha value is -0.560. The van der Waals surface area contributed by atoms with E-state index < -0.39 is 0 Å². The summed E-state index contributed by atoms with van der Waals surface area (Å²) >= 11 is 0. The highest BCUT2D eigenvalue weighted by molar-refractivity contribution is 5.08. The molecule has 1 aliphatic carbocycles. The second-order valence-corrected chi connectivity index (χ2v) is 4.62. The SMILES string of the molecule is C=CCCCCCC1=CC(N)CCCC1. The van der Waals surface area contributed by atoms with E-state index in [1.807, 2.05) is 6.08 Å². The fourth-order valence-corrected chi connectivity index (χ4v) is 2.23. The number of hydrogen-bond donors (Lipinski definition) is 1. The molecule has 1 unspecified atom stereocenters. The molecular weight excluding hydrogens is 182 g/mol. The summed E-state index contributed by atoms with van der Waals surface area (Å²) < 4.78 is 0. The molecule has 1 atom stereocenters. The predicted octanol–water partition coefficient (Wildman–Crippen LogP) is 3.95. The Balaban J connectivity index is 2.15. The van der Waals surface area contributed by atoms with Crippen molar-refractivity contribution in [2.75, 3.05) is 0 Å². The van der Waals surface area contributed by atoms with Gasteiger partial charge in [0, 0.05) is 6.04 Å². The molecule has 0 saturated carbocycles. The number of nitrogens with two attached hydrogens (primary N) is 1. The standard InChI is InChI=1S/C14H25N/c1-2-3-4-5-6-9-13-10-7-8-11-14(15)12-13/h2,12,14H,1,3-11,15H2. The molecule has 1 heteroatoms. The van der Waals surface area contributed by atoms with E-state index in [1.54, 1.807) is 5.57 Å². The molecule has 0 aromatic rings. The van der Waals surface area contributed by atoms with Gasteiger partial charge >= 0.3 is 0 Å². The van der Waals surface area contributed by atoms with Crippen LogP contribution in [-0.2, 0) is 0 Å². The molecule has 0 heterocycles. The third kappa shape index (κ3) is 5.78. The quantitative estimate of drug-likeness (QED) is 0.518. The highest BCUT2D eigenvalue weighted by Gasteiger charge is 2.07. The molecule has 0 saturated heterocycles. The van der Waals surface area contributed by atoms with E-state index in [4.69, 9.17) is 5.73 Å². The van der Waals surface area contributed by atoms with Gasteiger partial charge < -0.3 is 5.73 Å². The fraction of sp³-hybridized carbons (Fsp3) is 0.714. The van der Waals surface area contributed by atoms with Crippen molar-refractivity contribution < 1.29 is 0 Å². The highest BCUT2D eigenvalue weighted by Crippen LogP contribution is 2.21. The summed E-state index contributed by atoms with van der Waals surface area (Å²) in [4.78, 5) is 0. The van der Waals surface area contributed by atoms with Crippen molar-refractivity contribution in [2.24, 2.45) is 5.73 Å². The third-order valence-corrected chi connectivity index (χ3v) is 3.14. The summed E-state index contributed by atoms with van der Waals surface area (Å²) in [5.74, 6) is 0. The van der Waals surface area contributed by atoms with Crippen LogP contribution in [0, 0.1) is 0 Å². The number of hydrogen-bond acceptors (Lipinski definition) is 1. The van der Waals surface area contributed by atoms with Gasteiger partial charge in [-0.2, -0.15) is 0 Å². The summed E-state index contributed by atoms with van der Waals surface area (Å²) in [5, 5.41) is 0. The molecule has 15 heavy (non-hydrogen) atoms. The Bertz CT molecular complexity index is 205. The molecular formula is C14H25N. The molecule has 1 aliphatic rings. The van der Waals surface area contributed by atoms with Gasteiger partial charge in [0.25, 0.3) is 0 Å². The average Bonchev–Trinajstić information content (AvgIpc) is 2.43. The molecule has 0 bridgehead atoms. The van der Waals surface area contributed by atoms with E-state index in [-0.39, 0.29) is 0 Å². The van der Waals surface area contributed by atoms with Crippen LogP contribution in [0.25, 0.3) is 0 Å². The maximum Gasteiger partial charge on any atom is 0.0226 e. The lowest BCUT2D eigenvalue weighted by Gasteiger charge is -2.06. The van der Waals surface area contributed by atoms with Crippen molar-refractivity contribution in [3.63, 3.8) is 0 Å². The van der Waals surface area contributed by atoms with Crippen LogP contribution in [-0.4, -0.2) is 6.04 Å². The van der Waals surface area contributed by atoms with Gasteiger partial charge in [-0.15, -0.1) is 6.58 Å². The van der Waals surface area contributed by atoms with Crippen LogP contribution in [0.2, 0.25) is 0 Å². The molecule has 0 fully saturated rings. The summed E-state index contributed by atoms with van der Waals surface area (Å²) in [5.41, 5.74) is 7.60. The van der Waals surface area contributed by atoms with Gasteiger partial charge in [0.05, 0.1) is 0 Å². The van der Waals surface area contributed by atoms with Gasteiger partial charge in [-0.3, -0.25) is 0 Å². The maximum atomic E-state index is 5.99. The van der Waals surface area contributed by atoms with Crippen molar-refractivity contribution >= 4 is 0 Å². The Morgan fingerprint density at radius 2 is 2.20 bits per heavy atom. The molecule has 0 spiro atoms. The van der Waals surface area contributed by atoms with Gasteiger partial charge in [-0.05, 0) is 44.9 Å². The second-order valence-electron chi connectivity index (χ2n) is 4.62. The molecule has 1 nitrogen and oxygen atoms in total. The normalized spacial score (nSPS) is 21.9. The highest BCUT2D eigenvalue weighted by atomic mass is 14.6. The molecule has 0 aromatic heterocycles. The zero-order valence-corrected chi connectivity index (χ0v) is 9.88. The Morgan fingerprint density at radius 3 is 3.00 bits per heavy atom. The van der Waals surface area contributed by atoms with Gasteiger partial charge in [-0.1, -0.05) is 30.6 Å². The van der Waals surface area contributed by atoms with Gasteiger partial charge in [0.2, 0.25) is 0 Å². The maximum absolute atomic E-state index is 5.99. The monoisotopic (exact) mass is 207 g/mol. The lowest BCUT2D eigenvalue weighted by Crippen LogP contribution is -2.15. The molecule has 86 valence electrons. The van der Waals surface area contributed by atoms with Gasteiger partial charge in [0.1, 0.15) is 0 Å². The van der Waals surface area contributed by atoms with Crippen LogP contribution in [0.15, 0.2) is 24.3 Å². The van der Waals surface area contributed by atoms with Crippen LogP contribution in [0.5, 0.6) is 0 Å². The fourth-order valence-electron chi connectivity index (χ4n) is 2.23. The zero-order valence-electron chi connectivity index (χ0n) is 9.88. The summed E-state index contributed by atoms with van der Waals surface area (Å²) in [6.07, 6.45) is 15.8. The molecule has 0 radical (unpaired) electrons. The smallest absolute Gasteiger partial charge is 0.0226 e. The number of allylic oxidation sites excluding steroid dienone is 2. The van der Waals surface area contributed by atoms with Crippen molar-refractivity contribution in [2.45, 2.75) is 63.8 Å². The molecule has 0 amide bonds. The van der Waals surface area contributed by atoms with E-state index >= 15 is 0 Å². The Labute approximate surface area is 94.4 Å². The molecule has 0 aliphatic heterocycles. The van der Waals surface area contributed by atoms with E-state index in [0.717, 1.165) is 0 Å². The first-order valence-electron chi connectivity index (χ1n) is 6.39. The van der Waals surface area contributed by atoms with Gasteiger partial charge in [0.15, 0.2) is 0 Å². The average molecular weight is 207 g/mol. The van der Waals surface area contributed by atoms with Crippen molar-refractivity contribution in [1.29, 1.82) is 0 Å². The van der Waals surface area contributed by atoms with Crippen LogP contribution in [0.4, 0.5) is 0 Å². The van der Waals surface area contributed by atoms with Crippen molar-refractivity contribution in [3.05, 3.63) is 24.3 Å². The van der Waals surface area contributed by atoms with Crippen LogP contribution in [0.1, 0.15) is 57.8 Å².